The monoisotopic (exact) mass is 340 g/mol. The predicted molar refractivity (Wildman–Crippen MR) is 96.5 cm³/mol. The van der Waals surface area contributed by atoms with Crippen LogP contribution in [0.15, 0.2) is 24.3 Å². The van der Waals surface area contributed by atoms with Gasteiger partial charge in [0.05, 0.1) is 0 Å². The van der Waals surface area contributed by atoms with Crippen LogP contribution < -0.4 is 10.1 Å². The molecule has 0 radical (unpaired) electrons. The molecule has 1 fully saturated rings. The summed E-state index contributed by atoms with van der Waals surface area (Å²) in [6.07, 6.45) is 0.547. The average Bonchev–Trinajstić information content (AvgIpc) is 2.75. The average molecular weight is 341 g/mol. The zero-order valence-corrected chi connectivity index (χ0v) is 15.4. The van der Waals surface area contributed by atoms with E-state index in [1.54, 1.807) is 0 Å². The van der Waals surface area contributed by atoms with E-state index in [4.69, 9.17) is 4.74 Å². The maximum absolute atomic E-state index is 12.5. The van der Waals surface area contributed by atoms with Crippen LogP contribution in [0.5, 0.6) is 5.75 Å². The van der Waals surface area contributed by atoms with Gasteiger partial charge in [-0.15, -0.1) is 12.4 Å². The summed E-state index contributed by atoms with van der Waals surface area (Å²) in [5, 5.41) is 3.31. The number of nitrogens with one attached hydrogen (secondary N) is 1. The summed E-state index contributed by atoms with van der Waals surface area (Å²) < 4.78 is 5.89. The highest BCUT2D eigenvalue weighted by Crippen LogP contribution is 2.26. The van der Waals surface area contributed by atoms with Crippen LogP contribution in [-0.2, 0) is 10.2 Å². The zero-order chi connectivity index (χ0) is 16.2. The number of rotatable bonds is 3. The standard InChI is InChI=1S/C18H28N2O2.ClH/c1-14(17(21)20-11-6-9-19-10-12-20)22-16-8-5-7-15(13-16)18(2,3)4;/h5,7-8,13-14,19H,6,9-12H2,1-4H3;1H. The van der Waals surface area contributed by atoms with Crippen molar-refractivity contribution in [1.29, 1.82) is 0 Å². The Labute approximate surface area is 146 Å². The molecule has 0 spiro atoms. The molecule has 1 aliphatic heterocycles. The molecule has 2 rings (SSSR count). The number of halogens is 1. The van der Waals surface area contributed by atoms with Crippen LogP contribution in [0.25, 0.3) is 0 Å². The summed E-state index contributed by atoms with van der Waals surface area (Å²) in [6.45, 7) is 11.8. The Morgan fingerprint density at radius 2 is 2.00 bits per heavy atom. The van der Waals surface area contributed by atoms with Gasteiger partial charge in [-0.25, -0.2) is 0 Å². The number of carbonyl (C=O) groups is 1. The number of benzene rings is 1. The van der Waals surface area contributed by atoms with Gasteiger partial charge in [0.1, 0.15) is 5.75 Å². The van der Waals surface area contributed by atoms with Crippen molar-refractivity contribution >= 4 is 18.3 Å². The van der Waals surface area contributed by atoms with E-state index in [0.29, 0.717) is 0 Å². The van der Waals surface area contributed by atoms with Crippen molar-refractivity contribution in [3.63, 3.8) is 0 Å². The van der Waals surface area contributed by atoms with Crippen molar-refractivity contribution in [3.8, 4) is 5.75 Å². The molecule has 0 aromatic heterocycles. The molecule has 4 nitrogen and oxygen atoms in total. The molecule has 1 atom stereocenters. The van der Waals surface area contributed by atoms with E-state index >= 15 is 0 Å². The SMILES string of the molecule is CC(Oc1cccc(C(C)(C)C)c1)C(=O)N1CCCNCC1.Cl. The first-order chi connectivity index (χ1) is 10.4. The normalized spacial score (nSPS) is 17.0. The molecule has 0 aliphatic carbocycles. The lowest BCUT2D eigenvalue weighted by atomic mass is 9.87. The minimum absolute atomic E-state index is 0. The molecular weight excluding hydrogens is 312 g/mol. The van der Waals surface area contributed by atoms with Crippen molar-refractivity contribution < 1.29 is 9.53 Å². The Morgan fingerprint density at radius 3 is 2.70 bits per heavy atom. The fraction of sp³-hybridized carbons (Fsp3) is 0.611. The summed E-state index contributed by atoms with van der Waals surface area (Å²) >= 11 is 0. The number of carbonyl (C=O) groups excluding carboxylic acids is 1. The first-order valence-electron chi connectivity index (χ1n) is 8.14. The van der Waals surface area contributed by atoms with Crippen LogP contribution >= 0.6 is 12.4 Å². The molecule has 1 amide bonds. The molecule has 1 heterocycles. The molecule has 1 unspecified atom stereocenters. The molecule has 0 bridgehead atoms. The summed E-state index contributed by atoms with van der Waals surface area (Å²) in [6, 6.07) is 8.04. The van der Waals surface area contributed by atoms with Gasteiger partial charge in [-0.3, -0.25) is 4.79 Å². The van der Waals surface area contributed by atoms with Gasteiger partial charge in [0.2, 0.25) is 0 Å². The van der Waals surface area contributed by atoms with E-state index in [0.717, 1.165) is 38.3 Å². The van der Waals surface area contributed by atoms with E-state index < -0.39 is 6.10 Å². The maximum atomic E-state index is 12.5. The third-order valence-corrected chi connectivity index (χ3v) is 4.01. The highest BCUT2D eigenvalue weighted by molar-refractivity contribution is 5.85. The maximum Gasteiger partial charge on any atom is 0.263 e. The Morgan fingerprint density at radius 1 is 1.26 bits per heavy atom. The van der Waals surface area contributed by atoms with Crippen LogP contribution in [0.2, 0.25) is 0 Å². The van der Waals surface area contributed by atoms with Crippen molar-refractivity contribution in [2.75, 3.05) is 26.2 Å². The van der Waals surface area contributed by atoms with Crippen LogP contribution in [0, 0.1) is 0 Å². The van der Waals surface area contributed by atoms with Crippen molar-refractivity contribution in [1.82, 2.24) is 10.2 Å². The Bertz CT molecular complexity index is 506. The second kappa shape index (κ2) is 8.55. The van der Waals surface area contributed by atoms with Crippen LogP contribution in [0.1, 0.15) is 39.7 Å². The third-order valence-electron chi connectivity index (χ3n) is 4.01. The number of hydrogen-bond acceptors (Lipinski definition) is 3. The van der Waals surface area contributed by atoms with E-state index in [9.17, 15) is 4.79 Å². The van der Waals surface area contributed by atoms with E-state index in [1.807, 2.05) is 30.0 Å². The predicted octanol–water partition coefficient (Wildman–Crippen LogP) is 3.00. The molecule has 1 aromatic rings. The summed E-state index contributed by atoms with van der Waals surface area (Å²) in [5.74, 6) is 0.839. The minimum atomic E-state index is -0.451. The fourth-order valence-corrected chi connectivity index (χ4v) is 2.61. The lowest BCUT2D eigenvalue weighted by molar-refractivity contribution is -0.137. The number of hydrogen-bond donors (Lipinski definition) is 1. The molecule has 1 aromatic carbocycles. The second-order valence-electron chi connectivity index (χ2n) is 6.97. The minimum Gasteiger partial charge on any atom is -0.481 e. The van der Waals surface area contributed by atoms with Gasteiger partial charge >= 0.3 is 0 Å². The largest absolute Gasteiger partial charge is 0.481 e. The number of amides is 1. The molecule has 23 heavy (non-hydrogen) atoms. The fourth-order valence-electron chi connectivity index (χ4n) is 2.61. The van der Waals surface area contributed by atoms with Gasteiger partial charge in [0.15, 0.2) is 6.10 Å². The van der Waals surface area contributed by atoms with E-state index in [2.05, 4.69) is 32.2 Å². The highest BCUT2D eigenvalue weighted by Gasteiger charge is 2.23. The Balaban J connectivity index is 0.00000264. The van der Waals surface area contributed by atoms with E-state index in [-0.39, 0.29) is 23.7 Å². The molecular formula is C18H29ClN2O2. The van der Waals surface area contributed by atoms with Crippen LogP contribution in [-0.4, -0.2) is 43.1 Å². The molecule has 1 N–H and O–H groups in total. The van der Waals surface area contributed by atoms with Gasteiger partial charge in [-0.05, 0) is 43.0 Å². The molecule has 1 aliphatic rings. The third kappa shape index (κ3) is 5.70. The Kier molecular flexibility index (Phi) is 7.36. The van der Waals surface area contributed by atoms with Gasteiger partial charge in [-0.2, -0.15) is 0 Å². The lowest BCUT2D eigenvalue weighted by Gasteiger charge is -2.25. The zero-order valence-electron chi connectivity index (χ0n) is 14.6. The smallest absolute Gasteiger partial charge is 0.263 e. The second-order valence-corrected chi connectivity index (χ2v) is 6.97. The lowest BCUT2D eigenvalue weighted by Crippen LogP contribution is -2.42. The topological polar surface area (TPSA) is 41.6 Å². The van der Waals surface area contributed by atoms with Gasteiger partial charge in [-0.1, -0.05) is 32.9 Å². The van der Waals surface area contributed by atoms with Gasteiger partial charge in [0, 0.05) is 19.6 Å². The first kappa shape index (κ1) is 19.8. The van der Waals surface area contributed by atoms with Crippen LogP contribution in [0.4, 0.5) is 0 Å². The van der Waals surface area contributed by atoms with Gasteiger partial charge < -0.3 is 15.0 Å². The first-order valence-corrected chi connectivity index (χ1v) is 8.14. The van der Waals surface area contributed by atoms with Crippen LogP contribution in [0.3, 0.4) is 0 Å². The molecule has 130 valence electrons. The quantitative estimate of drug-likeness (QED) is 0.919. The van der Waals surface area contributed by atoms with Crippen molar-refractivity contribution in [2.45, 2.75) is 45.6 Å². The molecule has 5 heteroatoms. The number of nitrogens with zero attached hydrogens (tertiary/aromatic N) is 1. The Hall–Kier alpha value is -1.26. The highest BCUT2D eigenvalue weighted by atomic mass is 35.5. The van der Waals surface area contributed by atoms with E-state index in [1.165, 1.54) is 5.56 Å². The summed E-state index contributed by atoms with van der Waals surface area (Å²) in [5.41, 5.74) is 1.28. The molecule has 1 saturated heterocycles. The number of ether oxygens (including phenoxy) is 1. The van der Waals surface area contributed by atoms with Gasteiger partial charge in [0.25, 0.3) is 5.91 Å². The molecule has 0 saturated carbocycles. The summed E-state index contributed by atoms with van der Waals surface area (Å²) in [7, 11) is 0. The van der Waals surface area contributed by atoms with Crippen molar-refractivity contribution in [3.05, 3.63) is 29.8 Å². The van der Waals surface area contributed by atoms with Crippen molar-refractivity contribution in [2.24, 2.45) is 0 Å². The summed E-state index contributed by atoms with van der Waals surface area (Å²) in [4.78, 5) is 14.4.